The van der Waals surface area contributed by atoms with Gasteiger partial charge in [0.05, 0.1) is 10.5 Å². The van der Waals surface area contributed by atoms with Crippen LogP contribution in [0, 0.1) is 10.1 Å². The van der Waals surface area contributed by atoms with E-state index in [2.05, 4.69) is 10.6 Å². The molecule has 0 aliphatic carbocycles. The van der Waals surface area contributed by atoms with Crippen LogP contribution < -0.4 is 16.4 Å². The molecule has 3 rings (SSSR count). The summed E-state index contributed by atoms with van der Waals surface area (Å²) in [6.07, 6.45) is 0. The molecule has 3 aromatic rings. The number of benzene rings is 3. The summed E-state index contributed by atoms with van der Waals surface area (Å²) in [5, 5.41) is 17.7. The van der Waals surface area contributed by atoms with Crippen molar-refractivity contribution in [2.24, 2.45) is 5.73 Å². The summed E-state index contributed by atoms with van der Waals surface area (Å²) in [6, 6.07) is 17.5. The molecule has 0 heterocycles. The Balaban J connectivity index is 1.80. The molecule has 3 aromatic carbocycles. The zero-order valence-electron chi connectivity index (χ0n) is 15.6. The maximum Gasteiger partial charge on any atom is 0.275 e. The first kappa shape index (κ1) is 20.8. The molecule has 8 nitrogen and oxygen atoms in total. The molecule has 9 heteroatoms. The van der Waals surface area contributed by atoms with Gasteiger partial charge in [0, 0.05) is 40.1 Å². The van der Waals surface area contributed by atoms with Crippen molar-refractivity contribution in [3.8, 4) is 0 Å². The number of carbonyl (C=O) groups excluding carboxylic acids is 2. The lowest BCUT2D eigenvalue weighted by Gasteiger charge is -2.13. The van der Waals surface area contributed by atoms with Crippen LogP contribution in [-0.4, -0.2) is 16.7 Å². The van der Waals surface area contributed by atoms with Gasteiger partial charge in [-0.2, -0.15) is 0 Å². The van der Waals surface area contributed by atoms with Crippen molar-refractivity contribution < 1.29 is 14.5 Å². The minimum atomic E-state index is -0.748. The maximum atomic E-state index is 12.7. The normalized spacial score (nSPS) is 10.3. The van der Waals surface area contributed by atoms with Crippen molar-refractivity contribution in [2.75, 3.05) is 10.6 Å². The monoisotopic (exact) mass is 424 g/mol. The Kier molecular flexibility index (Phi) is 6.29. The van der Waals surface area contributed by atoms with E-state index in [-0.39, 0.29) is 23.7 Å². The molecule has 0 radical (unpaired) electrons. The van der Waals surface area contributed by atoms with E-state index in [4.69, 9.17) is 17.3 Å². The predicted octanol–water partition coefficient (Wildman–Crippen LogP) is 4.21. The molecule has 0 aliphatic heterocycles. The van der Waals surface area contributed by atoms with Crippen LogP contribution in [0.1, 0.15) is 26.3 Å². The second kappa shape index (κ2) is 9.06. The highest BCUT2D eigenvalue weighted by atomic mass is 35.5. The minimum Gasteiger partial charge on any atom is -0.380 e. The number of hydrogen-bond acceptors (Lipinski definition) is 5. The van der Waals surface area contributed by atoms with Crippen LogP contribution in [0.15, 0.2) is 66.7 Å². The lowest BCUT2D eigenvalue weighted by Crippen LogP contribution is -2.15. The van der Waals surface area contributed by atoms with Gasteiger partial charge in [-0.25, -0.2) is 0 Å². The summed E-state index contributed by atoms with van der Waals surface area (Å²) < 4.78 is 0. The Bertz CT molecular complexity index is 1120. The molecule has 152 valence electrons. The largest absolute Gasteiger partial charge is 0.380 e. The maximum absolute atomic E-state index is 12.7. The van der Waals surface area contributed by atoms with Gasteiger partial charge in [-0.3, -0.25) is 19.7 Å². The molecule has 0 saturated carbocycles. The highest BCUT2D eigenvalue weighted by Crippen LogP contribution is 2.24. The second-order valence-corrected chi connectivity index (χ2v) is 6.76. The van der Waals surface area contributed by atoms with Crippen molar-refractivity contribution >= 4 is 40.5 Å². The number of nitrogens with zero attached hydrogens (tertiary/aromatic N) is 1. The number of halogens is 1. The summed E-state index contributed by atoms with van der Waals surface area (Å²) in [5.41, 5.74) is 6.80. The summed E-state index contributed by atoms with van der Waals surface area (Å²) in [6.45, 7) is 0.0700. The smallest absolute Gasteiger partial charge is 0.275 e. The average Bonchev–Trinajstić information content (AvgIpc) is 2.73. The molecule has 0 saturated heterocycles. The van der Waals surface area contributed by atoms with E-state index in [1.807, 2.05) is 0 Å². The van der Waals surface area contributed by atoms with E-state index in [9.17, 15) is 19.7 Å². The number of carbonyl (C=O) groups is 2. The molecule has 0 aromatic heterocycles. The Hall–Kier alpha value is -3.91. The molecule has 0 unspecified atom stereocenters. The van der Waals surface area contributed by atoms with Crippen LogP contribution in [0.3, 0.4) is 0 Å². The lowest BCUT2D eigenvalue weighted by atomic mass is 10.1. The van der Waals surface area contributed by atoms with Crippen LogP contribution >= 0.6 is 11.6 Å². The van der Waals surface area contributed by atoms with E-state index in [0.29, 0.717) is 27.5 Å². The fourth-order valence-corrected chi connectivity index (χ4v) is 2.92. The zero-order chi connectivity index (χ0) is 21.7. The number of nitro benzene ring substituents is 1. The third-order valence-electron chi connectivity index (χ3n) is 4.31. The third-order valence-corrected chi connectivity index (χ3v) is 4.56. The summed E-state index contributed by atoms with van der Waals surface area (Å²) >= 11 is 5.86. The van der Waals surface area contributed by atoms with Crippen molar-refractivity contribution in [2.45, 2.75) is 6.54 Å². The summed E-state index contributed by atoms with van der Waals surface area (Å²) in [5.74, 6) is -1.10. The van der Waals surface area contributed by atoms with Gasteiger partial charge in [0.25, 0.3) is 11.6 Å². The molecule has 0 spiro atoms. The molecule has 4 N–H and O–H groups in total. The van der Waals surface area contributed by atoms with Crippen LogP contribution in [0.2, 0.25) is 5.02 Å². The number of hydrogen-bond donors (Lipinski definition) is 3. The van der Waals surface area contributed by atoms with Crippen molar-refractivity contribution in [3.63, 3.8) is 0 Å². The van der Waals surface area contributed by atoms with Gasteiger partial charge in [-0.05, 0) is 48.5 Å². The highest BCUT2D eigenvalue weighted by molar-refractivity contribution is 6.30. The van der Waals surface area contributed by atoms with E-state index < -0.39 is 10.8 Å². The number of nitrogens with two attached hydrogens (primary N) is 1. The number of nitrogens with one attached hydrogen (secondary N) is 2. The Morgan fingerprint density at radius 1 is 1.03 bits per heavy atom. The van der Waals surface area contributed by atoms with E-state index in [1.54, 1.807) is 48.5 Å². The van der Waals surface area contributed by atoms with E-state index in [0.717, 1.165) is 6.07 Å². The number of amides is 2. The fraction of sp³-hybridized carbons (Fsp3) is 0.0476. The summed E-state index contributed by atoms with van der Waals surface area (Å²) in [4.78, 5) is 34.8. The number of para-hydroxylation sites is 1. The third kappa shape index (κ3) is 4.92. The van der Waals surface area contributed by atoms with E-state index >= 15 is 0 Å². The number of rotatable bonds is 7. The van der Waals surface area contributed by atoms with E-state index in [1.165, 1.54) is 12.1 Å². The molecule has 0 atom stereocenters. The van der Waals surface area contributed by atoms with Crippen LogP contribution in [-0.2, 0) is 6.54 Å². The molecule has 0 bridgehead atoms. The molecular formula is C21H17ClN4O4. The predicted molar refractivity (Wildman–Crippen MR) is 115 cm³/mol. The van der Waals surface area contributed by atoms with Crippen molar-refractivity contribution in [1.82, 2.24) is 0 Å². The molecule has 0 fully saturated rings. The second-order valence-electron chi connectivity index (χ2n) is 6.33. The molecule has 0 aliphatic rings. The lowest BCUT2D eigenvalue weighted by molar-refractivity contribution is -0.385. The topological polar surface area (TPSA) is 127 Å². The van der Waals surface area contributed by atoms with Gasteiger partial charge in [-0.1, -0.05) is 23.7 Å². The first-order chi connectivity index (χ1) is 14.3. The zero-order valence-corrected chi connectivity index (χ0v) is 16.3. The molecule has 2 amide bonds. The fourth-order valence-electron chi connectivity index (χ4n) is 2.79. The van der Waals surface area contributed by atoms with Gasteiger partial charge >= 0.3 is 0 Å². The minimum absolute atomic E-state index is 0.0493. The molecular weight excluding hydrogens is 408 g/mol. The van der Waals surface area contributed by atoms with Crippen LogP contribution in [0.4, 0.5) is 17.1 Å². The number of nitro groups is 1. The number of anilines is 2. The first-order valence-electron chi connectivity index (χ1n) is 8.82. The van der Waals surface area contributed by atoms with Gasteiger partial charge in [0.2, 0.25) is 5.91 Å². The number of primary amides is 1. The average molecular weight is 425 g/mol. The van der Waals surface area contributed by atoms with Gasteiger partial charge in [-0.15, -0.1) is 0 Å². The Morgan fingerprint density at radius 2 is 1.73 bits per heavy atom. The van der Waals surface area contributed by atoms with Crippen LogP contribution in [0.5, 0.6) is 0 Å². The SMILES string of the molecule is NC(=O)c1ccc(CNc2ccccc2C(=O)Nc2ccc(Cl)cc2)c([N+](=O)[O-])c1. The highest BCUT2D eigenvalue weighted by Gasteiger charge is 2.17. The Labute approximate surface area is 176 Å². The standard InChI is InChI=1S/C21H17ClN4O4/c22-15-7-9-16(10-8-15)25-21(28)17-3-1-2-4-18(17)24-12-14-6-5-13(20(23)27)11-19(14)26(29)30/h1-11,24H,12H2,(H2,23,27)(H,25,28). The van der Waals surface area contributed by atoms with Crippen molar-refractivity contribution in [1.29, 1.82) is 0 Å². The quantitative estimate of drug-likeness (QED) is 0.386. The first-order valence-corrected chi connectivity index (χ1v) is 9.20. The summed E-state index contributed by atoms with van der Waals surface area (Å²) in [7, 11) is 0. The van der Waals surface area contributed by atoms with Gasteiger partial charge in [0.15, 0.2) is 0 Å². The van der Waals surface area contributed by atoms with Crippen LogP contribution in [0.25, 0.3) is 0 Å². The van der Waals surface area contributed by atoms with Crippen molar-refractivity contribution in [3.05, 3.63) is 98.6 Å². The molecule has 30 heavy (non-hydrogen) atoms. The Morgan fingerprint density at radius 3 is 2.40 bits per heavy atom. The van der Waals surface area contributed by atoms with Gasteiger partial charge < -0.3 is 16.4 Å². The van der Waals surface area contributed by atoms with Gasteiger partial charge in [0.1, 0.15) is 0 Å².